The number of nitrogens with one attached hydrogen (secondary N) is 1. The summed E-state index contributed by atoms with van der Waals surface area (Å²) in [7, 11) is -2.07. The Bertz CT molecular complexity index is 624. The van der Waals surface area contributed by atoms with Crippen molar-refractivity contribution in [2.24, 2.45) is 0 Å². The van der Waals surface area contributed by atoms with E-state index in [1.165, 1.54) is 10.4 Å². The Kier molecular flexibility index (Phi) is 5.21. The van der Waals surface area contributed by atoms with E-state index in [-0.39, 0.29) is 29.1 Å². The van der Waals surface area contributed by atoms with Crippen LogP contribution in [0.25, 0.3) is 0 Å². The molecule has 0 aromatic heterocycles. The molecule has 1 aliphatic heterocycles. The Labute approximate surface area is 129 Å². The SMILES string of the molecule is CNCc1cc(S(=O)(=O)N2CCOC(C)C2)cc(F)c1Cl. The van der Waals surface area contributed by atoms with Crippen molar-refractivity contribution >= 4 is 21.6 Å². The molecule has 1 aromatic carbocycles. The van der Waals surface area contributed by atoms with Crippen LogP contribution < -0.4 is 5.32 Å². The molecule has 5 nitrogen and oxygen atoms in total. The van der Waals surface area contributed by atoms with Gasteiger partial charge in [-0.15, -0.1) is 0 Å². The van der Waals surface area contributed by atoms with Crippen LogP contribution in [0.4, 0.5) is 4.39 Å². The van der Waals surface area contributed by atoms with Crippen LogP contribution in [0, 0.1) is 5.82 Å². The number of halogens is 2. The first-order valence-electron chi connectivity index (χ1n) is 6.60. The molecule has 1 aliphatic rings. The predicted octanol–water partition coefficient (Wildman–Crippen LogP) is 1.61. The van der Waals surface area contributed by atoms with Gasteiger partial charge in [0.05, 0.1) is 22.6 Å². The third-order valence-corrected chi connectivity index (χ3v) is 5.55. The van der Waals surface area contributed by atoms with Crippen LogP contribution in [-0.2, 0) is 21.3 Å². The van der Waals surface area contributed by atoms with Gasteiger partial charge in [-0.05, 0) is 31.7 Å². The summed E-state index contributed by atoms with van der Waals surface area (Å²) in [4.78, 5) is -0.0799. The van der Waals surface area contributed by atoms with Crippen LogP contribution >= 0.6 is 11.6 Å². The first-order valence-corrected chi connectivity index (χ1v) is 8.42. The molecule has 1 saturated heterocycles. The third kappa shape index (κ3) is 3.54. The van der Waals surface area contributed by atoms with Gasteiger partial charge in [0.1, 0.15) is 5.82 Å². The summed E-state index contributed by atoms with van der Waals surface area (Å²) < 4.78 is 45.7. The van der Waals surface area contributed by atoms with Crippen molar-refractivity contribution in [3.8, 4) is 0 Å². The summed E-state index contributed by atoms with van der Waals surface area (Å²) in [5.41, 5.74) is 0.416. The van der Waals surface area contributed by atoms with Crippen molar-refractivity contribution in [2.45, 2.75) is 24.5 Å². The number of hydrogen-bond acceptors (Lipinski definition) is 4. The normalized spacial score (nSPS) is 20.7. The first-order chi connectivity index (χ1) is 9.86. The second kappa shape index (κ2) is 6.58. The molecule has 2 rings (SSSR count). The van der Waals surface area contributed by atoms with E-state index in [0.29, 0.717) is 18.7 Å². The number of sulfonamides is 1. The quantitative estimate of drug-likeness (QED) is 0.907. The van der Waals surface area contributed by atoms with Gasteiger partial charge >= 0.3 is 0 Å². The average Bonchev–Trinajstić information content (AvgIpc) is 2.43. The Balaban J connectivity index is 2.40. The van der Waals surface area contributed by atoms with Crippen LogP contribution in [0.1, 0.15) is 12.5 Å². The molecule has 1 unspecified atom stereocenters. The van der Waals surface area contributed by atoms with Crippen LogP contribution in [0.2, 0.25) is 5.02 Å². The van der Waals surface area contributed by atoms with E-state index in [1.807, 2.05) is 0 Å². The van der Waals surface area contributed by atoms with E-state index >= 15 is 0 Å². The molecule has 1 atom stereocenters. The maximum atomic E-state index is 13.9. The molecule has 1 heterocycles. The molecule has 21 heavy (non-hydrogen) atoms. The lowest BCUT2D eigenvalue weighted by Crippen LogP contribution is -2.44. The summed E-state index contributed by atoms with van der Waals surface area (Å²) in [5.74, 6) is -0.732. The number of benzene rings is 1. The smallest absolute Gasteiger partial charge is 0.243 e. The van der Waals surface area contributed by atoms with Gasteiger partial charge in [-0.2, -0.15) is 4.31 Å². The van der Waals surface area contributed by atoms with Crippen LogP contribution in [0.3, 0.4) is 0 Å². The van der Waals surface area contributed by atoms with E-state index in [1.54, 1.807) is 14.0 Å². The average molecular weight is 337 g/mol. The minimum atomic E-state index is -3.75. The number of rotatable bonds is 4. The highest BCUT2D eigenvalue weighted by Crippen LogP contribution is 2.27. The second-order valence-electron chi connectivity index (χ2n) is 4.95. The monoisotopic (exact) mass is 336 g/mol. The van der Waals surface area contributed by atoms with Crippen LogP contribution in [0.15, 0.2) is 17.0 Å². The number of ether oxygens (including phenoxy) is 1. The fourth-order valence-corrected chi connectivity index (χ4v) is 3.98. The van der Waals surface area contributed by atoms with E-state index in [2.05, 4.69) is 5.32 Å². The zero-order valence-corrected chi connectivity index (χ0v) is 13.5. The summed E-state index contributed by atoms with van der Waals surface area (Å²) in [6.07, 6.45) is -0.178. The number of nitrogens with zero attached hydrogens (tertiary/aromatic N) is 1. The minimum absolute atomic E-state index is 0.0568. The minimum Gasteiger partial charge on any atom is -0.376 e. The summed E-state index contributed by atoms with van der Waals surface area (Å²) >= 11 is 5.86. The fraction of sp³-hybridized carbons (Fsp3) is 0.538. The molecule has 1 fully saturated rings. The van der Waals surface area contributed by atoms with E-state index in [0.717, 1.165) is 6.07 Å². The Morgan fingerprint density at radius 2 is 2.24 bits per heavy atom. The van der Waals surface area contributed by atoms with Gasteiger partial charge in [0, 0.05) is 19.6 Å². The molecule has 0 bridgehead atoms. The summed E-state index contributed by atoms with van der Waals surface area (Å²) in [5, 5.41) is 2.78. The van der Waals surface area contributed by atoms with Gasteiger partial charge in [-0.1, -0.05) is 11.6 Å². The van der Waals surface area contributed by atoms with E-state index in [9.17, 15) is 12.8 Å². The summed E-state index contributed by atoms with van der Waals surface area (Å²) in [6, 6.07) is 2.38. The molecular weight excluding hydrogens is 319 g/mol. The maximum Gasteiger partial charge on any atom is 0.243 e. The van der Waals surface area contributed by atoms with Crippen molar-refractivity contribution in [3.63, 3.8) is 0 Å². The van der Waals surface area contributed by atoms with Gasteiger partial charge in [0.15, 0.2) is 0 Å². The van der Waals surface area contributed by atoms with Gasteiger partial charge in [-0.3, -0.25) is 0 Å². The molecule has 0 aliphatic carbocycles. The molecule has 118 valence electrons. The van der Waals surface area contributed by atoms with E-state index < -0.39 is 15.8 Å². The van der Waals surface area contributed by atoms with Gasteiger partial charge < -0.3 is 10.1 Å². The van der Waals surface area contributed by atoms with Crippen LogP contribution in [-0.4, -0.2) is 45.6 Å². The van der Waals surface area contributed by atoms with Crippen molar-refractivity contribution in [3.05, 3.63) is 28.5 Å². The predicted molar refractivity (Wildman–Crippen MR) is 78.3 cm³/mol. The number of morpholine rings is 1. The molecule has 0 amide bonds. The molecule has 0 saturated carbocycles. The third-order valence-electron chi connectivity index (χ3n) is 3.29. The lowest BCUT2D eigenvalue weighted by molar-refractivity contribution is 0.0102. The highest BCUT2D eigenvalue weighted by Gasteiger charge is 2.30. The van der Waals surface area contributed by atoms with Gasteiger partial charge in [-0.25, -0.2) is 12.8 Å². The maximum absolute atomic E-state index is 13.9. The Morgan fingerprint density at radius 3 is 2.86 bits per heavy atom. The van der Waals surface area contributed by atoms with Crippen molar-refractivity contribution in [1.82, 2.24) is 9.62 Å². The highest BCUT2D eigenvalue weighted by atomic mass is 35.5. The second-order valence-corrected chi connectivity index (χ2v) is 7.27. The Hall–Kier alpha value is -0.730. The topological polar surface area (TPSA) is 58.6 Å². The first kappa shape index (κ1) is 16.6. The van der Waals surface area contributed by atoms with Crippen molar-refractivity contribution < 1.29 is 17.5 Å². The zero-order chi connectivity index (χ0) is 15.6. The zero-order valence-electron chi connectivity index (χ0n) is 11.9. The Morgan fingerprint density at radius 1 is 1.52 bits per heavy atom. The molecule has 1 aromatic rings. The fourth-order valence-electron chi connectivity index (χ4n) is 2.24. The largest absolute Gasteiger partial charge is 0.376 e. The lowest BCUT2D eigenvalue weighted by atomic mass is 10.2. The molecule has 0 radical (unpaired) electrons. The molecule has 8 heteroatoms. The summed E-state index contributed by atoms with van der Waals surface area (Å²) in [6.45, 7) is 2.95. The molecule has 1 N–H and O–H groups in total. The van der Waals surface area contributed by atoms with Crippen molar-refractivity contribution in [2.75, 3.05) is 26.7 Å². The standard InChI is InChI=1S/C13H18ClFN2O3S/c1-9-8-17(3-4-20-9)21(18,19)11-5-10(7-16-2)13(14)12(15)6-11/h5-6,9,16H,3-4,7-8H2,1-2H3. The van der Waals surface area contributed by atoms with Crippen molar-refractivity contribution in [1.29, 1.82) is 0 Å². The van der Waals surface area contributed by atoms with E-state index in [4.69, 9.17) is 16.3 Å². The van der Waals surface area contributed by atoms with Gasteiger partial charge in [0.2, 0.25) is 10.0 Å². The highest BCUT2D eigenvalue weighted by molar-refractivity contribution is 7.89. The van der Waals surface area contributed by atoms with Crippen LogP contribution in [0.5, 0.6) is 0 Å². The van der Waals surface area contributed by atoms with Gasteiger partial charge in [0.25, 0.3) is 0 Å². The number of hydrogen-bond donors (Lipinski definition) is 1. The molecular formula is C13H18ClFN2O3S. The lowest BCUT2D eigenvalue weighted by Gasteiger charge is -2.30. The molecule has 0 spiro atoms.